The Labute approximate surface area is 164 Å². The van der Waals surface area contributed by atoms with Gasteiger partial charge in [-0.05, 0) is 53.2 Å². The average Bonchev–Trinajstić information content (AvgIpc) is 3.31. The minimum absolute atomic E-state index is 0.0662. The molecule has 0 radical (unpaired) electrons. The standard InChI is InChI=1S/C18H12BrF3N4O2/c1-9(18(20,21)22)27-14-3-2-10(8-13(14)19)17-25-16(26-28-17)12-5-7-24-15-11(12)4-6-23-15/h2-9H,1H3,(H,23,24). The lowest BCUT2D eigenvalue weighted by molar-refractivity contribution is -0.189. The summed E-state index contributed by atoms with van der Waals surface area (Å²) in [6, 6.07) is 8.17. The van der Waals surface area contributed by atoms with E-state index in [9.17, 15) is 13.2 Å². The molecule has 0 amide bonds. The third kappa shape index (κ3) is 3.47. The zero-order valence-corrected chi connectivity index (χ0v) is 15.9. The van der Waals surface area contributed by atoms with Crippen molar-refractivity contribution < 1.29 is 22.4 Å². The maximum absolute atomic E-state index is 12.7. The van der Waals surface area contributed by atoms with E-state index in [1.54, 1.807) is 30.6 Å². The van der Waals surface area contributed by atoms with Crippen LogP contribution in [-0.4, -0.2) is 32.4 Å². The summed E-state index contributed by atoms with van der Waals surface area (Å²) in [5, 5.41) is 4.85. The fraction of sp³-hybridized carbons (Fsp3) is 0.167. The number of nitrogens with one attached hydrogen (secondary N) is 1. The highest BCUT2D eigenvalue weighted by Crippen LogP contribution is 2.34. The van der Waals surface area contributed by atoms with Crippen LogP contribution in [0.2, 0.25) is 0 Å². The molecule has 0 saturated heterocycles. The van der Waals surface area contributed by atoms with Crippen LogP contribution in [0.3, 0.4) is 0 Å². The Balaban J connectivity index is 1.62. The van der Waals surface area contributed by atoms with Crippen LogP contribution >= 0.6 is 15.9 Å². The molecule has 3 heterocycles. The molecule has 4 aromatic rings. The van der Waals surface area contributed by atoms with E-state index in [0.717, 1.165) is 17.9 Å². The zero-order chi connectivity index (χ0) is 19.9. The number of aromatic nitrogens is 4. The number of pyridine rings is 1. The predicted molar refractivity (Wildman–Crippen MR) is 98.7 cm³/mol. The number of benzene rings is 1. The van der Waals surface area contributed by atoms with Gasteiger partial charge in [0.2, 0.25) is 5.82 Å². The Kier molecular flexibility index (Phi) is 4.58. The third-order valence-electron chi connectivity index (χ3n) is 4.07. The second kappa shape index (κ2) is 6.93. The summed E-state index contributed by atoms with van der Waals surface area (Å²) in [6.45, 7) is 0.946. The molecule has 1 unspecified atom stereocenters. The quantitative estimate of drug-likeness (QED) is 0.450. The van der Waals surface area contributed by atoms with Gasteiger partial charge in [-0.15, -0.1) is 0 Å². The molecule has 0 fully saturated rings. The van der Waals surface area contributed by atoms with Gasteiger partial charge in [-0.1, -0.05) is 5.16 Å². The average molecular weight is 453 g/mol. The van der Waals surface area contributed by atoms with Gasteiger partial charge in [0, 0.05) is 28.9 Å². The summed E-state index contributed by atoms with van der Waals surface area (Å²) in [4.78, 5) is 11.6. The first-order chi connectivity index (χ1) is 13.3. The highest BCUT2D eigenvalue weighted by molar-refractivity contribution is 9.10. The number of nitrogens with zero attached hydrogens (tertiary/aromatic N) is 3. The van der Waals surface area contributed by atoms with Gasteiger partial charge in [-0.2, -0.15) is 18.2 Å². The van der Waals surface area contributed by atoms with Crippen LogP contribution in [0, 0.1) is 0 Å². The van der Waals surface area contributed by atoms with Crippen LogP contribution in [-0.2, 0) is 0 Å². The van der Waals surface area contributed by atoms with Gasteiger partial charge in [0.1, 0.15) is 11.4 Å². The van der Waals surface area contributed by atoms with Crippen molar-refractivity contribution in [2.75, 3.05) is 0 Å². The third-order valence-corrected chi connectivity index (χ3v) is 4.69. The molecular formula is C18H12BrF3N4O2. The van der Waals surface area contributed by atoms with E-state index in [0.29, 0.717) is 21.5 Å². The summed E-state index contributed by atoms with van der Waals surface area (Å²) in [5.74, 6) is 0.673. The van der Waals surface area contributed by atoms with Crippen LogP contribution < -0.4 is 4.74 Å². The Bertz CT molecular complexity index is 1140. The number of aromatic amines is 1. The van der Waals surface area contributed by atoms with Crippen LogP contribution in [0.15, 0.2) is 51.7 Å². The van der Waals surface area contributed by atoms with E-state index in [2.05, 4.69) is 36.0 Å². The second-order valence-corrected chi connectivity index (χ2v) is 6.82. The van der Waals surface area contributed by atoms with Crippen molar-refractivity contribution in [2.24, 2.45) is 0 Å². The molecule has 0 aliphatic rings. The van der Waals surface area contributed by atoms with Crippen molar-refractivity contribution in [3.63, 3.8) is 0 Å². The highest BCUT2D eigenvalue weighted by Gasteiger charge is 2.38. The van der Waals surface area contributed by atoms with Crippen molar-refractivity contribution in [3.05, 3.63) is 47.2 Å². The molecular weight excluding hydrogens is 441 g/mol. The largest absolute Gasteiger partial charge is 0.480 e. The Morgan fingerprint density at radius 3 is 2.79 bits per heavy atom. The molecule has 0 bridgehead atoms. The molecule has 4 rings (SSSR count). The van der Waals surface area contributed by atoms with Crippen LogP contribution in [0.5, 0.6) is 5.75 Å². The molecule has 144 valence electrons. The molecule has 10 heteroatoms. The molecule has 1 aromatic carbocycles. The van der Waals surface area contributed by atoms with E-state index < -0.39 is 12.3 Å². The van der Waals surface area contributed by atoms with Gasteiger partial charge in [-0.25, -0.2) is 4.98 Å². The number of ether oxygens (including phenoxy) is 1. The van der Waals surface area contributed by atoms with Crippen molar-refractivity contribution in [1.82, 2.24) is 20.1 Å². The molecule has 1 N–H and O–H groups in total. The summed E-state index contributed by atoms with van der Waals surface area (Å²) in [7, 11) is 0. The number of H-pyrrole nitrogens is 1. The van der Waals surface area contributed by atoms with Gasteiger partial charge in [0.05, 0.1) is 4.47 Å². The molecule has 0 aliphatic heterocycles. The lowest BCUT2D eigenvalue weighted by atomic mass is 10.2. The van der Waals surface area contributed by atoms with E-state index in [1.807, 2.05) is 6.07 Å². The fourth-order valence-corrected chi connectivity index (χ4v) is 3.06. The molecule has 0 spiro atoms. The Morgan fingerprint density at radius 1 is 1.21 bits per heavy atom. The SMILES string of the molecule is CC(Oc1ccc(-c2nc(-c3ccnc4[nH]ccc34)no2)cc1Br)C(F)(F)F. The normalized spacial score (nSPS) is 13.0. The van der Waals surface area contributed by atoms with Gasteiger partial charge >= 0.3 is 6.18 Å². The smallest absolute Gasteiger partial charge is 0.425 e. The first-order valence-electron chi connectivity index (χ1n) is 8.12. The maximum atomic E-state index is 12.7. The van der Waals surface area contributed by atoms with E-state index >= 15 is 0 Å². The first-order valence-corrected chi connectivity index (χ1v) is 8.91. The van der Waals surface area contributed by atoms with Crippen molar-refractivity contribution >= 4 is 27.0 Å². The van der Waals surface area contributed by atoms with E-state index in [4.69, 9.17) is 9.26 Å². The lowest BCUT2D eigenvalue weighted by Crippen LogP contribution is -2.31. The fourth-order valence-electron chi connectivity index (χ4n) is 2.59. The van der Waals surface area contributed by atoms with Crippen molar-refractivity contribution in [1.29, 1.82) is 0 Å². The second-order valence-electron chi connectivity index (χ2n) is 5.97. The number of hydrogen-bond donors (Lipinski definition) is 1. The minimum Gasteiger partial charge on any atom is -0.480 e. The number of fused-ring (bicyclic) bond motifs is 1. The molecule has 0 aliphatic carbocycles. The summed E-state index contributed by atoms with van der Waals surface area (Å²) in [6.07, 6.45) is -2.98. The molecule has 1 atom stereocenters. The summed E-state index contributed by atoms with van der Waals surface area (Å²) >= 11 is 3.22. The van der Waals surface area contributed by atoms with E-state index in [1.165, 1.54) is 6.07 Å². The first kappa shape index (κ1) is 18.5. The van der Waals surface area contributed by atoms with Gasteiger partial charge in [0.25, 0.3) is 5.89 Å². The van der Waals surface area contributed by atoms with Gasteiger partial charge < -0.3 is 14.2 Å². The summed E-state index contributed by atoms with van der Waals surface area (Å²) in [5.41, 5.74) is 1.99. The number of halogens is 4. The van der Waals surface area contributed by atoms with E-state index in [-0.39, 0.29) is 11.6 Å². The highest BCUT2D eigenvalue weighted by atomic mass is 79.9. The summed E-state index contributed by atoms with van der Waals surface area (Å²) < 4.78 is 48.7. The maximum Gasteiger partial charge on any atom is 0.425 e. The van der Waals surface area contributed by atoms with Gasteiger partial charge in [0.15, 0.2) is 6.10 Å². The lowest BCUT2D eigenvalue weighted by Gasteiger charge is -2.18. The molecule has 3 aromatic heterocycles. The molecule has 0 saturated carbocycles. The van der Waals surface area contributed by atoms with Crippen LogP contribution in [0.25, 0.3) is 33.9 Å². The molecule has 28 heavy (non-hydrogen) atoms. The molecule has 6 nitrogen and oxygen atoms in total. The van der Waals surface area contributed by atoms with Crippen molar-refractivity contribution in [2.45, 2.75) is 19.2 Å². The van der Waals surface area contributed by atoms with Gasteiger partial charge in [-0.3, -0.25) is 0 Å². The Hall–Kier alpha value is -2.88. The number of hydrogen-bond acceptors (Lipinski definition) is 5. The predicted octanol–water partition coefficient (Wildman–Crippen LogP) is 5.37. The number of rotatable bonds is 4. The number of alkyl halides is 3. The Morgan fingerprint density at radius 2 is 2.04 bits per heavy atom. The van der Waals surface area contributed by atoms with Crippen LogP contribution in [0.4, 0.5) is 13.2 Å². The topological polar surface area (TPSA) is 76.8 Å². The van der Waals surface area contributed by atoms with Crippen LogP contribution in [0.1, 0.15) is 6.92 Å². The van der Waals surface area contributed by atoms with Crippen molar-refractivity contribution in [3.8, 4) is 28.6 Å². The zero-order valence-electron chi connectivity index (χ0n) is 14.3. The monoisotopic (exact) mass is 452 g/mol. The minimum atomic E-state index is -4.45.